The van der Waals surface area contributed by atoms with E-state index in [-0.39, 0.29) is 28.0 Å². The van der Waals surface area contributed by atoms with Crippen LogP contribution in [-0.2, 0) is 9.59 Å². The Bertz CT molecular complexity index is 1130. The fourth-order valence-electron chi connectivity index (χ4n) is 2.83. The Hall–Kier alpha value is -3.43. The molecule has 0 aliphatic carbocycles. The SMILES string of the molecule is CC(=Cc1ccccc1)C=C1SC(=S)N(CC(=O)Nc2ccc(C(=O)O)c(O)c2)C1=O. The van der Waals surface area contributed by atoms with E-state index in [0.29, 0.717) is 4.91 Å². The molecule has 2 aromatic carbocycles. The fraction of sp³-hybridized carbons (Fsp3) is 0.0909. The summed E-state index contributed by atoms with van der Waals surface area (Å²) in [6.07, 6.45) is 3.67. The number of hydrogen-bond acceptors (Lipinski definition) is 6. The lowest BCUT2D eigenvalue weighted by Crippen LogP contribution is -2.36. The van der Waals surface area contributed by atoms with Gasteiger partial charge in [0.25, 0.3) is 5.91 Å². The third kappa shape index (κ3) is 5.59. The molecular formula is C22H18N2O5S2. The molecule has 0 radical (unpaired) electrons. The molecule has 1 aliphatic rings. The average molecular weight is 455 g/mol. The number of carboxylic acids is 1. The number of nitrogens with one attached hydrogen (secondary N) is 1. The molecule has 0 unspecified atom stereocenters. The molecule has 9 heteroatoms. The highest BCUT2D eigenvalue weighted by atomic mass is 32.2. The van der Waals surface area contributed by atoms with Crippen molar-refractivity contribution in [3.8, 4) is 5.75 Å². The standard InChI is InChI=1S/C22H18N2O5S2/c1-13(9-14-5-3-2-4-6-14)10-18-20(27)24(22(30)31-18)12-19(26)23-15-7-8-16(21(28)29)17(25)11-15/h2-11,25H,12H2,1H3,(H,23,26)(H,28,29). The van der Waals surface area contributed by atoms with E-state index in [1.54, 1.807) is 6.08 Å². The van der Waals surface area contributed by atoms with Crippen molar-refractivity contribution in [3.05, 3.63) is 76.2 Å². The van der Waals surface area contributed by atoms with E-state index in [0.717, 1.165) is 29.0 Å². The Morgan fingerprint density at radius 1 is 1.19 bits per heavy atom. The molecule has 3 rings (SSSR count). The molecule has 0 atom stereocenters. The second-order valence-corrected chi connectivity index (χ2v) is 8.33. The number of carbonyl (C=O) groups excluding carboxylic acids is 2. The molecule has 2 aromatic rings. The molecule has 2 amide bonds. The number of nitrogens with zero attached hydrogens (tertiary/aromatic N) is 1. The molecule has 0 aromatic heterocycles. The molecule has 0 spiro atoms. The van der Waals surface area contributed by atoms with Gasteiger partial charge in [-0.2, -0.15) is 0 Å². The molecule has 1 aliphatic heterocycles. The minimum Gasteiger partial charge on any atom is -0.507 e. The highest BCUT2D eigenvalue weighted by Crippen LogP contribution is 2.32. The molecule has 3 N–H and O–H groups in total. The Kier molecular flexibility index (Phi) is 6.88. The van der Waals surface area contributed by atoms with Gasteiger partial charge in [0.15, 0.2) is 0 Å². The Morgan fingerprint density at radius 2 is 1.90 bits per heavy atom. The van der Waals surface area contributed by atoms with Crippen molar-refractivity contribution in [3.63, 3.8) is 0 Å². The maximum atomic E-state index is 12.7. The maximum absolute atomic E-state index is 12.7. The first-order valence-electron chi connectivity index (χ1n) is 9.09. The summed E-state index contributed by atoms with van der Waals surface area (Å²) in [5.41, 5.74) is 1.79. The summed E-state index contributed by atoms with van der Waals surface area (Å²) >= 11 is 6.37. The number of aromatic carboxylic acids is 1. The number of carbonyl (C=O) groups is 3. The highest BCUT2D eigenvalue weighted by Gasteiger charge is 2.33. The number of hydrogen-bond donors (Lipinski definition) is 3. The number of aromatic hydroxyl groups is 1. The number of benzene rings is 2. The zero-order valence-electron chi connectivity index (χ0n) is 16.4. The van der Waals surface area contributed by atoms with Gasteiger partial charge in [-0.1, -0.05) is 60.4 Å². The maximum Gasteiger partial charge on any atom is 0.339 e. The van der Waals surface area contributed by atoms with Crippen LogP contribution in [0.25, 0.3) is 6.08 Å². The molecule has 1 fully saturated rings. The average Bonchev–Trinajstić information content (AvgIpc) is 2.95. The number of amides is 2. The van der Waals surface area contributed by atoms with Crippen molar-refractivity contribution < 1.29 is 24.6 Å². The molecule has 0 saturated carbocycles. The van der Waals surface area contributed by atoms with E-state index < -0.39 is 17.6 Å². The van der Waals surface area contributed by atoms with Gasteiger partial charge in [0.1, 0.15) is 22.2 Å². The number of allylic oxidation sites excluding steroid dienone is 2. The van der Waals surface area contributed by atoms with Gasteiger partial charge in [-0.25, -0.2) is 4.79 Å². The van der Waals surface area contributed by atoms with Gasteiger partial charge in [-0.05, 0) is 36.3 Å². The lowest BCUT2D eigenvalue weighted by molar-refractivity contribution is -0.126. The number of rotatable bonds is 6. The minimum atomic E-state index is -1.28. The van der Waals surface area contributed by atoms with Gasteiger partial charge in [0.2, 0.25) is 5.91 Å². The molecular weight excluding hydrogens is 436 g/mol. The number of phenols is 1. The van der Waals surface area contributed by atoms with Crippen LogP contribution in [0.2, 0.25) is 0 Å². The summed E-state index contributed by atoms with van der Waals surface area (Å²) in [7, 11) is 0. The van der Waals surface area contributed by atoms with E-state index in [2.05, 4.69) is 5.32 Å². The Labute approximate surface area is 188 Å². The van der Waals surface area contributed by atoms with Crippen molar-refractivity contribution in [2.45, 2.75) is 6.92 Å². The van der Waals surface area contributed by atoms with Crippen molar-refractivity contribution in [2.75, 3.05) is 11.9 Å². The first-order valence-corrected chi connectivity index (χ1v) is 10.3. The zero-order chi connectivity index (χ0) is 22.5. The van der Waals surface area contributed by atoms with Crippen LogP contribution in [-0.4, -0.2) is 43.8 Å². The van der Waals surface area contributed by atoms with E-state index in [1.807, 2.05) is 43.3 Å². The van der Waals surface area contributed by atoms with Crippen LogP contribution in [0, 0.1) is 0 Å². The number of carboxylic acid groups (broad SMARTS) is 1. The Balaban J connectivity index is 1.67. The molecule has 0 bridgehead atoms. The van der Waals surface area contributed by atoms with E-state index in [1.165, 1.54) is 17.0 Å². The van der Waals surface area contributed by atoms with Gasteiger partial charge < -0.3 is 15.5 Å². The number of anilines is 1. The van der Waals surface area contributed by atoms with Crippen LogP contribution in [0.1, 0.15) is 22.8 Å². The highest BCUT2D eigenvalue weighted by molar-refractivity contribution is 8.26. The molecule has 31 heavy (non-hydrogen) atoms. The van der Waals surface area contributed by atoms with Crippen LogP contribution in [0.5, 0.6) is 5.75 Å². The third-order valence-electron chi connectivity index (χ3n) is 4.24. The zero-order valence-corrected chi connectivity index (χ0v) is 18.0. The summed E-state index contributed by atoms with van der Waals surface area (Å²) in [6.45, 7) is 1.57. The minimum absolute atomic E-state index is 0.204. The van der Waals surface area contributed by atoms with Gasteiger partial charge >= 0.3 is 5.97 Å². The molecule has 158 valence electrons. The lowest BCUT2D eigenvalue weighted by atomic mass is 10.1. The molecule has 1 heterocycles. The summed E-state index contributed by atoms with van der Waals surface area (Å²) in [6, 6.07) is 13.3. The summed E-state index contributed by atoms with van der Waals surface area (Å²) in [5.74, 6) is -2.65. The summed E-state index contributed by atoms with van der Waals surface area (Å²) in [4.78, 5) is 37.6. The molecule has 7 nitrogen and oxygen atoms in total. The van der Waals surface area contributed by atoms with Crippen LogP contribution in [0.15, 0.2) is 65.1 Å². The second kappa shape index (κ2) is 9.59. The predicted octanol–water partition coefficient (Wildman–Crippen LogP) is 3.88. The second-order valence-electron chi connectivity index (χ2n) is 6.65. The van der Waals surface area contributed by atoms with Crippen molar-refractivity contribution >= 4 is 57.8 Å². The van der Waals surface area contributed by atoms with Gasteiger partial charge in [-0.15, -0.1) is 0 Å². The fourth-order valence-corrected chi connectivity index (χ4v) is 4.14. The Morgan fingerprint density at radius 3 is 2.55 bits per heavy atom. The van der Waals surface area contributed by atoms with Gasteiger partial charge in [0, 0.05) is 11.8 Å². The first kappa shape index (κ1) is 22.3. The van der Waals surface area contributed by atoms with Crippen molar-refractivity contribution in [2.24, 2.45) is 0 Å². The number of thioether (sulfide) groups is 1. The molecule has 1 saturated heterocycles. The van der Waals surface area contributed by atoms with E-state index in [9.17, 15) is 19.5 Å². The number of thiocarbonyl (C=S) groups is 1. The van der Waals surface area contributed by atoms with Gasteiger partial charge in [-0.3, -0.25) is 14.5 Å². The van der Waals surface area contributed by atoms with Crippen LogP contribution in [0.4, 0.5) is 5.69 Å². The monoisotopic (exact) mass is 454 g/mol. The predicted molar refractivity (Wildman–Crippen MR) is 124 cm³/mol. The van der Waals surface area contributed by atoms with Crippen LogP contribution < -0.4 is 5.32 Å². The first-order chi connectivity index (χ1) is 14.7. The summed E-state index contributed by atoms with van der Waals surface area (Å²) in [5, 5.41) is 21.2. The third-order valence-corrected chi connectivity index (χ3v) is 5.62. The smallest absolute Gasteiger partial charge is 0.339 e. The van der Waals surface area contributed by atoms with E-state index >= 15 is 0 Å². The topological polar surface area (TPSA) is 107 Å². The van der Waals surface area contributed by atoms with Crippen LogP contribution in [0.3, 0.4) is 0 Å². The quantitative estimate of drug-likeness (QED) is 0.449. The van der Waals surface area contributed by atoms with E-state index in [4.69, 9.17) is 17.3 Å². The van der Waals surface area contributed by atoms with Crippen molar-refractivity contribution in [1.82, 2.24) is 4.90 Å². The summed E-state index contributed by atoms with van der Waals surface area (Å²) < 4.78 is 0.267. The van der Waals surface area contributed by atoms with Crippen LogP contribution >= 0.6 is 24.0 Å². The normalized spacial score (nSPS) is 15.5. The largest absolute Gasteiger partial charge is 0.507 e. The lowest BCUT2D eigenvalue weighted by Gasteiger charge is -2.14. The van der Waals surface area contributed by atoms with Crippen molar-refractivity contribution in [1.29, 1.82) is 0 Å². The van der Waals surface area contributed by atoms with Gasteiger partial charge in [0.05, 0.1) is 4.91 Å².